The number of hydrogen-bond acceptors (Lipinski definition) is 0. The number of fused-ring (bicyclic) bond motifs is 2. The largest absolute Gasteiger partial charge is 0.253 e. The van der Waals surface area contributed by atoms with Gasteiger partial charge >= 0.3 is 0 Å². The van der Waals surface area contributed by atoms with Gasteiger partial charge in [-0.1, -0.05) is 44.7 Å². The van der Waals surface area contributed by atoms with Crippen molar-refractivity contribution in [3.63, 3.8) is 0 Å². The highest BCUT2D eigenvalue weighted by molar-refractivity contribution is 5.85. The maximum atomic E-state index is 4.90. The molecule has 1 heteroatoms. The van der Waals surface area contributed by atoms with Crippen LogP contribution in [0.1, 0.15) is 75.8 Å². The fraction of sp³-hybridized carbons (Fsp3) is 0.579. The fourth-order valence-corrected chi connectivity index (χ4v) is 4.50. The lowest BCUT2D eigenvalue weighted by molar-refractivity contribution is 0.408. The Morgan fingerprint density at radius 1 is 0.950 bits per heavy atom. The quantitative estimate of drug-likeness (QED) is 0.601. The van der Waals surface area contributed by atoms with Crippen LogP contribution >= 0.6 is 0 Å². The molecule has 1 saturated carbocycles. The Bertz CT molecular complexity index is 559. The summed E-state index contributed by atoms with van der Waals surface area (Å²) in [6.07, 6.45) is 12.1. The third-order valence-electron chi connectivity index (χ3n) is 5.65. The molecular weight excluding hydrogens is 242 g/mol. The Morgan fingerprint density at radius 2 is 1.75 bits per heavy atom. The second-order valence-corrected chi connectivity index (χ2v) is 7.07. The van der Waals surface area contributed by atoms with Crippen molar-refractivity contribution >= 4 is 11.3 Å². The monoisotopic (exact) mass is 266 g/mol. The van der Waals surface area contributed by atoms with Gasteiger partial charge in [0.2, 0.25) is 0 Å². The first-order valence-electron chi connectivity index (χ1n) is 8.36. The Morgan fingerprint density at radius 3 is 2.55 bits per heavy atom. The molecule has 1 aromatic rings. The van der Waals surface area contributed by atoms with E-state index in [1.807, 2.05) is 0 Å². The van der Waals surface area contributed by atoms with Gasteiger partial charge in [0, 0.05) is 11.3 Å². The summed E-state index contributed by atoms with van der Waals surface area (Å²) in [5.74, 6) is 0. The summed E-state index contributed by atoms with van der Waals surface area (Å²) in [6, 6.07) is 6.85. The van der Waals surface area contributed by atoms with Crippen LogP contribution in [0.3, 0.4) is 0 Å². The van der Waals surface area contributed by atoms with Gasteiger partial charge in [-0.15, -0.1) is 0 Å². The van der Waals surface area contributed by atoms with E-state index in [2.05, 4.69) is 25.1 Å². The number of hydrogen-bond donors (Lipinski definition) is 0. The van der Waals surface area contributed by atoms with E-state index in [1.54, 1.807) is 11.1 Å². The molecule has 1 aromatic carbocycles. The van der Waals surface area contributed by atoms with Crippen LogP contribution in [-0.4, -0.2) is 0 Å². The lowest BCUT2D eigenvalue weighted by Crippen LogP contribution is -2.22. The Hall–Kier alpha value is -1.24. The van der Waals surface area contributed by atoms with Crippen molar-refractivity contribution in [1.82, 2.24) is 5.32 Å². The fourth-order valence-electron chi connectivity index (χ4n) is 4.50. The van der Waals surface area contributed by atoms with Crippen LogP contribution < -0.4 is 5.32 Å². The molecule has 0 aromatic heterocycles. The van der Waals surface area contributed by atoms with E-state index in [9.17, 15) is 0 Å². The molecule has 1 nitrogen and oxygen atoms in total. The van der Waals surface area contributed by atoms with Crippen LogP contribution in [-0.2, 0) is 5.41 Å². The average molecular weight is 266 g/mol. The molecule has 0 unspecified atom stereocenters. The van der Waals surface area contributed by atoms with Crippen molar-refractivity contribution < 1.29 is 0 Å². The second-order valence-electron chi connectivity index (χ2n) is 7.07. The number of rotatable bonds is 1. The summed E-state index contributed by atoms with van der Waals surface area (Å²) in [5.41, 5.74) is 7.75. The van der Waals surface area contributed by atoms with Crippen LogP contribution in [0, 0.1) is 0 Å². The Kier molecular flexibility index (Phi) is 2.90. The molecule has 1 fully saturated rings. The predicted molar refractivity (Wildman–Crippen MR) is 84.1 cm³/mol. The summed E-state index contributed by atoms with van der Waals surface area (Å²) in [5, 5.41) is 4.90. The van der Waals surface area contributed by atoms with E-state index < -0.39 is 0 Å². The van der Waals surface area contributed by atoms with Crippen molar-refractivity contribution in [1.29, 1.82) is 0 Å². The summed E-state index contributed by atoms with van der Waals surface area (Å²) in [7, 11) is 0. The molecular formula is C19H24N. The average Bonchev–Trinajstić information content (AvgIpc) is 2.95. The molecule has 20 heavy (non-hydrogen) atoms. The molecule has 105 valence electrons. The van der Waals surface area contributed by atoms with E-state index >= 15 is 0 Å². The molecule has 4 rings (SSSR count). The highest BCUT2D eigenvalue weighted by Gasteiger charge is 2.35. The molecule has 0 spiro atoms. The first kappa shape index (κ1) is 12.5. The molecule has 0 saturated heterocycles. The molecule has 0 bridgehead atoms. The summed E-state index contributed by atoms with van der Waals surface area (Å²) in [4.78, 5) is 0. The Labute approximate surface area is 122 Å². The zero-order chi connectivity index (χ0) is 13.6. The van der Waals surface area contributed by atoms with Gasteiger partial charge in [-0.2, -0.15) is 0 Å². The van der Waals surface area contributed by atoms with E-state index in [4.69, 9.17) is 5.32 Å². The van der Waals surface area contributed by atoms with Gasteiger partial charge in [0.25, 0.3) is 0 Å². The minimum Gasteiger partial charge on any atom is -0.253 e. The van der Waals surface area contributed by atoms with Crippen molar-refractivity contribution in [2.75, 3.05) is 0 Å². The lowest BCUT2D eigenvalue weighted by atomic mass is 9.73. The third-order valence-corrected chi connectivity index (χ3v) is 5.65. The van der Waals surface area contributed by atoms with Crippen molar-refractivity contribution in [3.05, 3.63) is 35.0 Å². The van der Waals surface area contributed by atoms with E-state index in [1.165, 1.54) is 74.7 Å². The van der Waals surface area contributed by atoms with Crippen LogP contribution in [0.15, 0.2) is 23.9 Å². The van der Waals surface area contributed by atoms with Crippen LogP contribution in [0.2, 0.25) is 0 Å². The van der Waals surface area contributed by atoms with Crippen LogP contribution in [0.5, 0.6) is 0 Å². The molecule has 0 amide bonds. The van der Waals surface area contributed by atoms with E-state index in [-0.39, 0.29) is 0 Å². The van der Waals surface area contributed by atoms with Gasteiger partial charge in [0.05, 0.1) is 5.69 Å². The standard InChI is InChI=1S/C19H24N/c1-19(12-4-2-3-5-13-19)15-9-7-11-17-18(15)14-8-6-10-16(14)20-17/h7,9,11H,2-6,8,10,12-13H2,1H3. The molecule has 3 aliphatic rings. The van der Waals surface area contributed by atoms with Gasteiger partial charge in [0.15, 0.2) is 0 Å². The summed E-state index contributed by atoms with van der Waals surface area (Å²) < 4.78 is 0. The molecule has 1 radical (unpaired) electrons. The predicted octanol–water partition coefficient (Wildman–Crippen LogP) is 5.44. The highest BCUT2D eigenvalue weighted by atomic mass is 14.9. The van der Waals surface area contributed by atoms with Crippen molar-refractivity contribution in [2.45, 2.75) is 70.1 Å². The van der Waals surface area contributed by atoms with Gasteiger partial charge in [-0.05, 0) is 54.7 Å². The highest BCUT2D eigenvalue weighted by Crippen LogP contribution is 2.50. The first-order chi connectivity index (χ1) is 9.78. The minimum atomic E-state index is 0.377. The van der Waals surface area contributed by atoms with E-state index in [0.29, 0.717) is 5.41 Å². The minimum absolute atomic E-state index is 0.377. The zero-order valence-corrected chi connectivity index (χ0v) is 12.5. The smallest absolute Gasteiger partial charge is 0.0711 e. The molecule has 0 atom stereocenters. The maximum Gasteiger partial charge on any atom is 0.0711 e. The van der Waals surface area contributed by atoms with Gasteiger partial charge < -0.3 is 0 Å². The van der Waals surface area contributed by atoms with Gasteiger partial charge in [0.1, 0.15) is 0 Å². The molecule has 2 aliphatic carbocycles. The first-order valence-corrected chi connectivity index (χ1v) is 8.36. The maximum absolute atomic E-state index is 4.90. The Balaban J connectivity index is 1.81. The number of benzene rings is 1. The molecule has 1 heterocycles. The number of allylic oxidation sites excluding steroid dienone is 2. The SMILES string of the molecule is CC1(c2cccc3c2C2=C(CCC2)[N]3)CCCCCC1. The van der Waals surface area contributed by atoms with E-state index in [0.717, 1.165) is 0 Å². The van der Waals surface area contributed by atoms with Gasteiger partial charge in [-0.3, -0.25) is 5.32 Å². The normalized spacial score (nSPS) is 24.1. The third kappa shape index (κ3) is 1.82. The second kappa shape index (κ2) is 4.65. The van der Waals surface area contributed by atoms with Crippen molar-refractivity contribution in [3.8, 4) is 0 Å². The van der Waals surface area contributed by atoms with Crippen LogP contribution in [0.4, 0.5) is 5.69 Å². The summed E-state index contributed by atoms with van der Waals surface area (Å²) >= 11 is 0. The van der Waals surface area contributed by atoms with Gasteiger partial charge in [-0.25, -0.2) is 0 Å². The van der Waals surface area contributed by atoms with Crippen molar-refractivity contribution in [2.24, 2.45) is 0 Å². The zero-order valence-electron chi connectivity index (χ0n) is 12.5. The lowest BCUT2D eigenvalue weighted by Gasteiger charge is -2.31. The molecule has 1 aliphatic heterocycles. The molecule has 0 N–H and O–H groups in total. The van der Waals surface area contributed by atoms with Crippen LogP contribution in [0.25, 0.3) is 5.57 Å². The number of nitrogens with zero attached hydrogens (tertiary/aromatic N) is 1. The topological polar surface area (TPSA) is 14.1 Å². The summed E-state index contributed by atoms with van der Waals surface area (Å²) in [6.45, 7) is 2.50.